The average molecular weight is 332 g/mol. The summed E-state index contributed by atoms with van der Waals surface area (Å²) in [6, 6.07) is 5.80. The van der Waals surface area contributed by atoms with Crippen LogP contribution in [0.2, 0.25) is 0 Å². The van der Waals surface area contributed by atoms with Gasteiger partial charge in [0, 0.05) is 5.56 Å². The normalized spacial score (nSPS) is 13.2. The number of hydrogen-bond donors (Lipinski definition) is 2. The summed E-state index contributed by atoms with van der Waals surface area (Å²) >= 11 is 0. The van der Waals surface area contributed by atoms with E-state index in [1.165, 1.54) is 0 Å². The Bertz CT molecular complexity index is 589. The van der Waals surface area contributed by atoms with Crippen molar-refractivity contribution in [2.24, 2.45) is 5.73 Å². The van der Waals surface area contributed by atoms with Gasteiger partial charge in [-0.2, -0.15) is 0 Å². The Balaban J connectivity index is 0.00000110. The summed E-state index contributed by atoms with van der Waals surface area (Å²) in [4.78, 5) is 7.62. The summed E-state index contributed by atoms with van der Waals surface area (Å²) in [7, 11) is 0. The number of benzene rings is 1. The Morgan fingerprint density at radius 2 is 2.05 bits per heavy atom. The van der Waals surface area contributed by atoms with Crippen LogP contribution in [0.4, 0.5) is 0 Å². The topological polar surface area (TPSA) is 73.2 Å². The first-order valence-electron chi connectivity index (χ1n) is 6.48. The van der Waals surface area contributed by atoms with Crippen molar-refractivity contribution < 1.29 is 9.47 Å². The first kappa shape index (κ1) is 17.6. The quantitative estimate of drug-likeness (QED) is 0.899. The first-order valence-corrected chi connectivity index (χ1v) is 6.48. The molecule has 1 aliphatic heterocycles. The number of nitrogens with one attached hydrogen (secondary N) is 1. The lowest BCUT2D eigenvalue weighted by Gasteiger charge is -2.06. The molecule has 1 aliphatic rings. The minimum Gasteiger partial charge on any atom is -0.454 e. The maximum absolute atomic E-state index is 6.05. The van der Waals surface area contributed by atoms with Crippen LogP contribution in [0.15, 0.2) is 24.4 Å². The zero-order chi connectivity index (χ0) is 13.2. The van der Waals surface area contributed by atoms with Crippen LogP contribution < -0.4 is 15.2 Å². The molecule has 116 valence electrons. The fourth-order valence-corrected chi connectivity index (χ4v) is 2.18. The van der Waals surface area contributed by atoms with E-state index in [1.54, 1.807) is 0 Å². The van der Waals surface area contributed by atoms with Crippen molar-refractivity contribution in [1.29, 1.82) is 0 Å². The van der Waals surface area contributed by atoms with Crippen LogP contribution in [0.25, 0.3) is 11.3 Å². The number of H-pyrrole nitrogens is 1. The number of ether oxygens (including phenoxy) is 2. The number of rotatable bonds is 4. The molecule has 2 aromatic rings. The lowest BCUT2D eigenvalue weighted by Crippen LogP contribution is -2.11. The van der Waals surface area contributed by atoms with Crippen LogP contribution >= 0.6 is 24.8 Å². The van der Waals surface area contributed by atoms with Crippen molar-refractivity contribution in [2.45, 2.75) is 25.8 Å². The van der Waals surface area contributed by atoms with Gasteiger partial charge in [0.25, 0.3) is 0 Å². The highest BCUT2D eigenvalue weighted by molar-refractivity contribution is 5.85. The van der Waals surface area contributed by atoms with Gasteiger partial charge in [-0.05, 0) is 24.6 Å². The van der Waals surface area contributed by atoms with Gasteiger partial charge in [0.05, 0.1) is 17.9 Å². The molecule has 0 radical (unpaired) electrons. The molecule has 7 heteroatoms. The van der Waals surface area contributed by atoms with Crippen molar-refractivity contribution in [3.8, 4) is 22.8 Å². The Morgan fingerprint density at radius 1 is 1.29 bits per heavy atom. The van der Waals surface area contributed by atoms with Crippen molar-refractivity contribution in [2.75, 3.05) is 6.79 Å². The zero-order valence-electron chi connectivity index (χ0n) is 11.7. The van der Waals surface area contributed by atoms with E-state index in [0.29, 0.717) is 0 Å². The van der Waals surface area contributed by atoms with Crippen molar-refractivity contribution in [3.63, 3.8) is 0 Å². The lowest BCUT2D eigenvalue weighted by molar-refractivity contribution is 0.174. The molecule has 0 fully saturated rings. The second kappa shape index (κ2) is 7.54. The molecule has 0 saturated carbocycles. The van der Waals surface area contributed by atoms with Gasteiger partial charge in [0.1, 0.15) is 5.82 Å². The highest BCUT2D eigenvalue weighted by Gasteiger charge is 2.15. The van der Waals surface area contributed by atoms with Crippen molar-refractivity contribution in [1.82, 2.24) is 9.97 Å². The molecule has 0 aliphatic carbocycles. The van der Waals surface area contributed by atoms with E-state index in [1.807, 2.05) is 24.4 Å². The van der Waals surface area contributed by atoms with E-state index in [9.17, 15) is 0 Å². The molecule has 1 unspecified atom stereocenters. The minimum absolute atomic E-state index is 0. The maximum atomic E-state index is 6.05. The van der Waals surface area contributed by atoms with E-state index in [0.717, 1.165) is 41.4 Å². The molecule has 1 aromatic heterocycles. The maximum Gasteiger partial charge on any atom is 0.231 e. The number of aromatic nitrogens is 2. The standard InChI is InChI=1S/C14H17N3O2.2ClH/c1-2-3-10(15)14-16-7-11(17-14)9-4-5-12-13(6-9)19-8-18-12;;/h4-7,10H,2-3,8,15H2,1H3,(H,16,17);2*1H. The highest BCUT2D eigenvalue weighted by atomic mass is 35.5. The minimum atomic E-state index is -0.0345. The van der Waals surface area contributed by atoms with E-state index in [-0.39, 0.29) is 37.6 Å². The fraction of sp³-hybridized carbons (Fsp3) is 0.357. The number of aromatic amines is 1. The number of halogens is 2. The van der Waals surface area contributed by atoms with Gasteiger partial charge in [-0.25, -0.2) is 4.98 Å². The summed E-state index contributed by atoms with van der Waals surface area (Å²) in [5, 5.41) is 0. The molecule has 21 heavy (non-hydrogen) atoms. The number of imidazole rings is 1. The van der Waals surface area contributed by atoms with Crippen LogP contribution in [-0.2, 0) is 0 Å². The molecular weight excluding hydrogens is 313 g/mol. The molecule has 1 atom stereocenters. The Labute approximate surface area is 136 Å². The summed E-state index contributed by atoms with van der Waals surface area (Å²) in [6.07, 6.45) is 3.78. The van der Waals surface area contributed by atoms with Crippen LogP contribution in [0, 0.1) is 0 Å². The largest absolute Gasteiger partial charge is 0.454 e. The number of nitrogens with two attached hydrogens (primary N) is 1. The Morgan fingerprint density at radius 3 is 2.81 bits per heavy atom. The van der Waals surface area contributed by atoms with Gasteiger partial charge in [-0.1, -0.05) is 13.3 Å². The predicted octanol–water partition coefficient (Wildman–Crippen LogP) is 3.45. The first-order chi connectivity index (χ1) is 9.28. The van der Waals surface area contributed by atoms with Gasteiger partial charge in [-0.15, -0.1) is 24.8 Å². The third-order valence-corrected chi connectivity index (χ3v) is 3.23. The van der Waals surface area contributed by atoms with Crippen LogP contribution in [-0.4, -0.2) is 16.8 Å². The third kappa shape index (κ3) is 3.61. The lowest BCUT2D eigenvalue weighted by atomic mass is 10.1. The van der Waals surface area contributed by atoms with Gasteiger partial charge in [0.15, 0.2) is 11.5 Å². The summed E-state index contributed by atoms with van der Waals surface area (Å²) in [5.74, 6) is 2.38. The smallest absolute Gasteiger partial charge is 0.231 e. The molecule has 0 saturated heterocycles. The van der Waals surface area contributed by atoms with E-state index in [4.69, 9.17) is 15.2 Å². The Kier molecular flexibility index (Phi) is 6.33. The molecule has 3 rings (SSSR count). The zero-order valence-corrected chi connectivity index (χ0v) is 13.3. The molecule has 0 amide bonds. The van der Waals surface area contributed by atoms with E-state index in [2.05, 4.69) is 16.9 Å². The second-order valence-corrected chi connectivity index (χ2v) is 4.65. The molecule has 0 spiro atoms. The van der Waals surface area contributed by atoms with Crippen LogP contribution in [0.1, 0.15) is 31.6 Å². The predicted molar refractivity (Wildman–Crippen MR) is 86.5 cm³/mol. The second-order valence-electron chi connectivity index (χ2n) is 4.65. The number of nitrogens with zero attached hydrogens (tertiary/aromatic N) is 1. The van der Waals surface area contributed by atoms with Gasteiger partial charge in [-0.3, -0.25) is 0 Å². The van der Waals surface area contributed by atoms with Gasteiger partial charge < -0.3 is 20.2 Å². The van der Waals surface area contributed by atoms with E-state index < -0.39 is 0 Å². The number of fused-ring (bicyclic) bond motifs is 1. The molecular formula is C14H19Cl2N3O2. The van der Waals surface area contributed by atoms with Gasteiger partial charge in [0.2, 0.25) is 6.79 Å². The summed E-state index contributed by atoms with van der Waals surface area (Å²) in [6.45, 7) is 2.40. The van der Waals surface area contributed by atoms with Crippen molar-refractivity contribution in [3.05, 3.63) is 30.2 Å². The molecule has 3 N–H and O–H groups in total. The fourth-order valence-electron chi connectivity index (χ4n) is 2.18. The van der Waals surface area contributed by atoms with Crippen LogP contribution in [0.3, 0.4) is 0 Å². The third-order valence-electron chi connectivity index (χ3n) is 3.23. The molecule has 1 aromatic carbocycles. The number of hydrogen-bond acceptors (Lipinski definition) is 4. The van der Waals surface area contributed by atoms with Crippen molar-refractivity contribution >= 4 is 24.8 Å². The summed E-state index contributed by atoms with van der Waals surface area (Å²) < 4.78 is 10.7. The van der Waals surface area contributed by atoms with Crippen LogP contribution in [0.5, 0.6) is 11.5 Å². The monoisotopic (exact) mass is 331 g/mol. The molecule has 2 heterocycles. The highest BCUT2D eigenvalue weighted by Crippen LogP contribution is 2.35. The molecule has 5 nitrogen and oxygen atoms in total. The average Bonchev–Trinajstić information content (AvgIpc) is 3.07. The SMILES string of the molecule is CCCC(N)c1ncc(-c2ccc3c(c2)OCO3)[nH]1.Cl.Cl. The molecule has 0 bridgehead atoms. The summed E-state index contributed by atoms with van der Waals surface area (Å²) in [5.41, 5.74) is 8.01. The Hall–Kier alpha value is -1.43. The van der Waals surface area contributed by atoms with E-state index >= 15 is 0 Å². The van der Waals surface area contributed by atoms with Gasteiger partial charge >= 0.3 is 0 Å².